The maximum Gasteiger partial charge on any atom is 0.433 e. The number of alkyl halides is 8. The summed E-state index contributed by atoms with van der Waals surface area (Å²) in [6, 6.07) is 0. The Bertz CT molecular complexity index is 663. The summed E-state index contributed by atoms with van der Waals surface area (Å²) in [4.78, 5) is 3.08. The van der Waals surface area contributed by atoms with E-state index < -0.39 is 71.6 Å². The summed E-state index contributed by atoms with van der Waals surface area (Å²) in [7, 11) is 0. The molecule has 1 saturated carbocycles. The van der Waals surface area contributed by atoms with E-state index in [1.807, 2.05) is 0 Å². The third kappa shape index (κ3) is 2.50. The Morgan fingerprint density at radius 1 is 1.12 bits per heavy atom. The van der Waals surface area contributed by atoms with Gasteiger partial charge in [-0.3, -0.25) is 0 Å². The normalized spacial score (nSPS) is 28.4. The molecule has 0 amide bonds. The Hall–Kier alpha value is -1.61. The van der Waals surface area contributed by atoms with E-state index in [0.29, 0.717) is 6.20 Å². The molecule has 1 heterocycles. The van der Waals surface area contributed by atoms with Gasteiger partial charge in [0.1, 0.15) is 17.5 Å². The Morgan fingerprint density at radius 2 is 1.71 bits per heavy atom. The molecule has 0 aromatic carbocycles. The lowest BCUT2D eigenvalue weighted by atomic mass is 9.91. The van der Waals surface area contributed by atoms with Crippen molar-refractivity contribution in [3.63, 3.8) is 0 Å². The van der Waals surface area contributed by atoms with Crippen LogP contribution in [0.2, 0.25) is 0 Å². The molecule has 1 aromatic heterocycles. The average Bonchev–Trinajstić information content (AvgIpc) is 2.58. The van der Waals surface area contributed by atoms with Gasteiger partial charge in [-0.25, -0.2) is 26.9 Å². The van der Waals surface area contributed by atoms with Crippen LogP contribution in [0.4, 0.5) is 35.1 Å². The van der Waals surface area contributed by atoms with Gasteiger partial charge in [-0.1, -0.05) is 6.92 Å². The first-order chi connectivity index (χ1) is 10.8. The molecule has 1 aromatic rings. The third-order valence-electron chi connectivity index (χ3n) is 4.34. The summed E-state index contributed by atoms with van der Waals surface area (Å²) in [6.07, 6.45) is -10.1. The second-order valence-corrected chi connectivity index (χ2v) is 6.06. The average molecular weight is 361 g/mol. The van der Waals surface area contributed by atoms with Gasteiger partial charge in [0.15, 0.2) is 6.17 Å². The zero-order valence-corrected chi connectivity index (χ0v) is 12.1. The Balaban J connectivity index is 2.05. The molecule has 3 rings (SSSR count). The SMILES string of the molecule is C[C@H]1c2c(C(F)(F)F)ncc(OC3CC(F)(F)C3)c2[C@@H](F)C1(F)F. The molecule has 2 aliphatic carbocycles. The standard InChI is InChI=1S/C14H11F8NO/c1-5-8-9(10(15)13(5,18)19)7(4-23-11(8)14(20,21)22)24-6-2-12(16,17)3-6/h4-6,10H,2-3H2,1H3/t5-,10+/m0/s1. The summed E-state index contributed by atoms with van der Waals surface area (Å²) >= 11 is 0. The van der Waals surface area contributed by atoms with Crippen LogP contribution in [-0.4, -0.2) is 22.9 Å². The number of nitrogens with zero attached hydrogens (tertiary/aromatic N) is 1. The lowest BCUT2D eigenvalue weighted by Gasteiger charge is -2.35. The first-order valence-corrected chi connectivity index (χ1v) is 7.01. The number of pyridine rings is 1. The van der Waals surface area contributed by atoms with Crippen LogP contribution in [0.25, 0.3) is 0 Å². The second kappa shape index (κ2) is 4.95. The minimum absolute atomic E-state index is 0.471. The number of hydrogen-bond donors (Lipinski definition) is 0. The van der Waals surface area contributed by atoms with Crippen LogP contribution in [0, 0.1) is 0 Å². The fraction of sp³-hybridized carbons (Fsp3) is 0.643. The van der Waals surface area contributed by atoms with Crippen molar-refractivity contribution in [2.75, 3.05) is 0 Å². The molecule has 24 heavy (non-hydrogen) atoms. The highest BCUT2D eigenvalue weighted by molar-refractivity contribution is 5.51. The van der Waals surface area contributed by atoms with Crippen LogP contribution in [0.3, 0.4) is 0 Å². The van der Waals surface area contributed by atoms with E-state index in [1.54, 1.807) is 0 Å². The van der Waals surface area contributed by atoms with E-state index >= 15 is 0 Å². The van der Waals surface area contributed by atoms with Crippen molar-refractivity contribution in [1.82, 2.24) is 4.98 Å². The summed E-state index contributed by atoms with van der Waals surface area (Å²) in [5.41, 5.74) is -3.55. The van der Waals surface area contributed by atoms with E-state index in [-0.39, 0.29) is 0 Å². The lowest BCUT2D eigenvalue weighted by molar-refractivity contribution is -0.142. The van der Waals surface area contributed by atoms with Gasteiger partial charge in [-0.05, 0) is 0 Å². The van der Waals surface area contributed by atoms with Crippen molar-refractivity contribution in [3.8, 4) is 5.75 Å². The maximum atomic E-state index is 14.1. The van der Waals surface area contributed by atoms with Crippen molar-refractivity contribution in [3.05, 3.63) is 23.0 Å². The van der Waals surface area contributed by atoms with E-state index in [0.717, 1.165) is 6.92 Å². The molecule has 0 spiro atoms. The van der Waals surface area contributed by atoms with Gasteiger partial charge in [0.25, 0.3) is 11.8 Å². The Kier molecular flexibility index (Phi) is 3.55. The minimum atomic E-state index is -5.06. The zero-order valence-electron chi connectivity index (χ0n) is 12.1. The molecule has 0 N–H and O–H groups in total. The predicted molar refractivity (Wildman–Crippen MR) is 65.0 cm³/mol. The van der Waals surface area contributed by atoms with Gasteiger partial charge in [-0.2, -0.15) is 13.2 Å². The molecule has 2 atom stereocenters. The molecule has 0 radical (unpaired) electrons. The monoisotopic (exact) mass is 361 g/mol. The van der Waals surface area contributed by atoms with E-state index in [9.17, 15) is 35.1 Å². The topological polar surface area (TPSA) is 22.1 Å². The molecule has 0 saturated heterocycles. The molecule has 2 nitrogen and oxygen atoms in total. The molecular formula is C14H11F8NO. The maximum absolute atomic E-state index is 14.1. The summed E-state index contributed by atoms with van der Waals surface area (Å²) in [5.74, 6) is -9.78. The Morgan fingerprint density at radius 3 is 2.21 bits per heavy atom. The zero-order chi connectivity index (χ0) is 18.1. The van der Waals surface area contributed by atoms with Crippen molar-refractivity contribution >= 4 is 0 Å². The molecular weight excluding hydrogens is 350 g/mol. The predicted octanol–water partition coefficient (Wildman–Crippen LogP) is 5.04. The minimum Gasteiger partial charge on any atom is -0.488 e. The van der Waals surface area contributed by atoms with Crippen LogP contribution in [-0.2, 0) is 6.18 Å². The number of ether oxygens (including phenoxy) is 1. The van der Waals surface area contributed by atoms with Gasteiger partial charge >= 0.3 is 6.18 Å². The first-order valence-electron chi connectivity index (χ1n) is 7.01. The van der Waals surface area contributed by atoms with Crippen LogP contribution in [0.15, 0.2) is 6.20 Å². The second-order valence-electron chi connectivity index (χ2n) is 6.06. The lowest BCUT2D eigenvalue weighted by Crippen LogP contribution is -2.43. The smallest absolute Gasteiger partial charge is 0.433 e. The largest absolute Gasteiger partial charge is 0.488 e. The van der Waals surface area contributed by atoms with E-state index in [1.165, 1.54) is 0 Å². The van der Waals surface area contributed by atoms with Gasteiger partial charge in [-0.15, -0.1) is 0 Å². The summed E-state index contributed by atoms with van der Waals surface area (Å²) in [5, 5.41) is 0. The van der Waals surface area contributed by atoms with Gasteiger partial charge < -0.3 is 4.74 Å². The molecule has 0 aliphatic heterocycles. The molecule has 0 unspecified atom stereocenters. The summed E-state index contributed by atoms with van der Waals surface area (Å²) in [6.45, 7) is 0.761. The van der Waals surface area contributed by atoms with Gasteiger partial charge in [0.05, 0.1) is 12.1 Å². The highest BCUT2D eigenvalue weighted by Crippen LogP contribution is 2.58. The molecule has 1 fully saturated rings. The molecule has 134 valence electrons. The summed E-state index contributed by atoms with van der Waals surface area (Å²) < 4.78 is 112. The van der Waals surface area contributed by atoms with Gasteiger partial charge in [0.2, 0.25) is 0 Å². The van der Waals surface area contributed by atoms with Gasteiger partial charge in [0, 0.05) is 24.0 Å². The highest BCUT2D eigenvalue weighted by atomic mass is 19.4. The highest BCUT2D eigenvalue weighted by Gasteiger charge is 2.59. The fourth-order valence-corrected chi connectivity index (χ4v) is 3.02. The van der Waals surface area contributed by atoms with Crippen molar-refractivity contribution in [2.24, 2.45) is 0 Å². The number of aromatic nitrogens is 1. The van der Waals surface area contributed by atoms with Crippen LogP contribution < -0.4 is 4.74 Å². The number of rotatable bonds is 2. The Labute approximate surface area is 130 Å². The number of hydrogen-bond acceptors (Lipinski definition) is 2. The molecule has 0 bridgehead atoms. The fourth-order valence-electron chi connectivity index (χ4n) is 3.02. The van der Waals surface area contributed by atoms with E-state index in [4.69, 9.17) is 4.74 Å². The molecule has 10 heteroatoms. The number of fused-ring (bicyclic) bond motifs is 1. The van der Waals surface area contributed by atoms with Crippen molar-refractivity contribution < 1.29 is 39.9 Å². The van der Waals surface area contributed by atoms with Crippen molar-refractivity contribution in [1.29, 1.82) is 0 Å². The van der Waals surface area contributed by atoms with Crippen LogP contribution >= 0.6 is 0 Å². The van der Waals surface area contributed by atoms with E-state index in [2.05, 4.69) is 4.98 Å². The first kappa shape index (κ1) is 17.2. The quantitative estimate of drug-likeness (QED) is 0.689. The molecule has 2 aliphatic rings. The van der Waals surface area contributed by atoms with Crippen LogP contribution in [0.5, 0.6) is 5.75 Å². The third-order valence-corrected chi connectivity index (χ3v) is 4.34. The number of halogens is 8. The van der Waals surface area contributed by atoms with Crippen molar-refractivity contribution in [2.45, 2.75) is 56.0 Å². The van der Waals surface area contributed by atoms with Crippen LogP contribution in [0.1, 0.15) is 48.7 Å².